The summed E-state index contributed by atoms with van der Waals surface area (Å²) in [6, 6.07) is 9.35. The van der Waals surface area contributed by atoms with Gasteiger partial charge in [0.1, 0.15) is 11.6 Å². The molecule has 1 aromatic heterocycles. The van der Waals surface area contributed by atoms with E-state index >= 15 is 0 Å². The van der Waals surface area contributed by atoms with Gasteiger partial charge in [-0.05, 0) is 30.7 Å². The highest BCUT2D eigenvalue weighted by Crippen LogP contribution is 2.32. The van der Waals surface area contributed by atoms with Gasteiger partial charge in [0, 0.05) is 69.0 Å². The number of hydrogen-bond acceptors (Lipinski definition) is 7. The summed E-state index contributed by atoms with van der Waals surface area (Å²) < 4.78 is 28.6. The molecule has 2 N–H and O–H groups in total. The summed E-state index contributed by atoms with van der Waals surface area (Å²) >= 11 is 6.10. The van der Waals surface area contributed by atoms with E-state index in [2.05, 4.69) is 15.2 Å². The van der Waals surface area contributed by atoms with Crippen LogP contribution in [0.3, 0.4) is 0 Å². The van der Waals surface area contributed by atoms with Crippen LogP contribution in [0.2, 0.25) is 5.02 Å². The van der Waals surface area contributed by atoms with Gasteiger partial charge in [-0.3, -0.25) is 9.69 Å². The number of hydrogen-bond donors (Lipinski definition) is 2. The van der Waals surface area contributed by atoms with Crippen LogP contribution in [-0.2, 0) is 6.54 Å². The highest BCUT2D eigenvalue weighted by molar-refractivity contribution is 6.31. The Hall–Kier alpha value is -3.34. The van der Waals surface area contributed by atoms with Gasteiger partial charge in [0.15, 0.2) is 11.6 Å². The normalized spacial score (nSPS) is 16.1. The molecular weight excluding hydrogens is 514 g/mol. The number of carbonyl (C=O) groups is 1. The lowest BCUT2D eigenvalue weighted by molar-refractivity contribution is 0.0615. The number of carbonyl (C=O) groups excluding carboxylic acids is 1. The van der Waals surface area contributed by atoms with Crippen molar-refractivity contribution < 1.29 is 18.7 Å². The second-order valence-corrected chi connectivity index (χ2v) is 9.77. The molecule has 1 saturated heterocycles. The molecule has 3 aromatic rings. The predicted octanol–water partition coefficient (Wildman–Crippen LogP) is 3.65. The van der Waals surface area contributed by atoms with E-state index < -0.39 is 11.6 Å². The molecule has 3 heterocycles. The Kier molecular flexibility index (Phi) is 8.01. The van der Waals surface area contributed by atoms with Gasteiger partial charge >= 0.3 is 0 Å². The molecule has 8 nitrogen and oxygen atoms in total. The number of benzene rings is 2. The predicted molar refractivity (Wildman–Crippen MR) is 142 cm³/mol. The minimum absolute atomic E-state index is 0.0377. The quantitative estimate of drug-likeness (QED) is 0.460. The van der Waals surface area contributed by atoms with E-state index in [1.165, 1.54) is 0 Å². The summed E-state index contributed by atoms with van der Waals surface area (Å²) in [4.78, 5) is 28.4. The van der Waals surface area contributed by atoms with Gasteiger partial charge in [0.2, 0.25) is 0 Å². The Bertz CT molecular complexity index is 1320. The summed E-state index contributed by atoms with van der Waals surface area (Å²) in [6.45, 7) is 4.60. The zero-order chi connectivity index (χ0) is 26.6. The van der Waals surface area contributed by atoms with Crippen molar-refractivity contribution in [2.24, 2.45) is 0 Å². The van der Waals surface area contributed by atoms with Crippen LogP contribution in [0, 0.1) is 11.6 Å². The van der Waals surface area contributed by atoms with Crippen molar-refractivity contribution in [3.8, 4) is 11.3 Å². The van der Waals surface area contributed by atoms with E-state index in [1.54, 1.807) is 18.3 Å². The maximum atomic E-state index is 14.6. The molecule has 0 atom stereocenters. The fraction of sp³-hybridized carbons (Fsp3) is 0.370. The topological polar surface area (TPSA) is 84.8 Å². The van der Waals surface area contributed by atoms with E-state index in [0.29, 0.717) is 55.6 Å². The summed E-state index contributed by atoms with van der Waals surface area (Å²) in [5.41, 5.74) is 1.91. The molecule has 0 saturated carbocycles. The Morgan fingerprint density at radius 1 is 1.08 bits per heavy atom. The molecule has 0 bridgehead atoms. The molecule has 0 aliphatic carbocycles. The number of piperazine rings is 1. The first-order valence-electron chi connectivity index (χ1n) is 12.7. The fourth-order valence-corrected chi connectivity index (χ4v) is 5.03. The summed E-state index contributed by atoms with van der Waals surface area (Å²) in [5, 5.41) is 12.2. The van der Waals surface area contributed by atoms with E-state index in [0.717, 1.165) is 37.2 Å². The number of aliphatic hydroxyl groups excluding tert-OH is 1. The van der Waals surface area contributed by atoms with Crippen molar-refractivity contribution in [2.75, 3.05) is 62.6 Å². The second-order valence-electron chi connectivity index (χ2n) is 9.39. The van der Waals surface area contributed by atoms with Crippen molar-refractivity contribution in [3.63, 3.8) is 0 Å². The third-order valence-electron chi connectivity index (χ3n) is 6.92. The first-order chi connectivity index (χ1) is 18.4. The van der Waals surface area contributed by atoms with Crippen molar-refractivity contribution in [3.05, 3.63) is 70.4 Å². The Morgan fingerprint density at radius 3 is 2.66 bits per heavy atom. The highest BCUT2D eigenvalue weighted by atomic mass is 35.5. The summed E-state index contributed by atoms with van der Waals surface area (Å²) in [6.07, 6.45) is 2.39. The molecule has 1 amide bonds. The monoisotopic (exact) mass is 542 g/mol. The molecule has 2 aliphatic heterocycles. The molecule has 0 spiro atoms. The third-order valence-corrected chi connectivity index (χ3v) is 7.33. The number of amides is 1. The zero-order valence-corrected chi connectivity index (χ0v) is 21.6. The molecule has 5 rings (SSSR count). The van der Waals surface area contributed by atoms with Crippen molar-refractivity contribution in [1.29, 1.82) is 0 Å². The van der Waals surface area contributed by atoms with Gasteiger partial charge in [-0.2, -0.15) is 0 Å². The lowest BCUT2D eigenvalue weighted by Gasteiger charge is -2.34. The number of nitrogens with zero attached hydrogens (tertiary/aromatic N) is 5. The van der Waals surface area contributed by atoms with Crippen molar-refractivity contribution in [2.45, 2.75) is 13.0 Å². The maximum Gasteiger partial charge on any atom is 0.253 e. The summed E-state index contributed by atoms with van der Waals surface area (Å²) in [5.74, 6) is -0.253. The number of anilines is 2. The second kappa shape index (κ2) is 11.6. The number of fused-ring (bicyclic) bond motifs is 1. The van der Waals surface area contributed by atoms with Gasteiger partial charge in [0.05, 0.1) is 23.5 Å². The molecular formula is C27H29ClF2N6O2. The minimum Gasteiger partial charge on any atom is -0.395 e. The van der Waals surface area contributed by atoms with Gasteiger partial charge in [-0.1, -0.05) is 23.7 Å². The molecule has 1 fully saturated rings. The van der Waals surface area contributed by atoms with Crippen LogP contribution in [-0.4, -0.2) is 83.2 Å². The number of aliphatic hydroxyl groups is 1. The van der Waals surface area contributed by atoms with Crippen LogP contribution in [0.1, 0.15) is 22.3 Å². The summed E-state index contributed by atoms with van der Waals surface area (Å²) in [7, 11) is 0. The van der Waals surface area contributed by atoms with E-state index in [4.69, 9.17) is 21.7 Å². The maximum absolute atomic E-state index is 14.6. The Labute approximate surface area is 224 Å². The number of halogens is 3. The van der Waals surface area contributed by atoms with E-state index in [9.17, 15) is 13.6 Å². The SMILES string of the molecule is O=C(c1cccc(-c2cnc3c(n2)N(Cc2c(F)ccc(F)c2Cl)CCCN3)c1)N1CCN(CCO)CC1. The minimum atomic E-state index is -0.674. The first-order valence-corrected chi connectivity index (χ1v) is 13.0. The largest absolute Gasteiger partial charge is 0.395 e. The van der Waals surface area contributed by atoms with Gasteiger partial charge in [-0.25, -0.2) is 18.7 Å². The fourth-order valence-electron chi connectivity index (χ4n) is 4.82. The zero-order valence-electron chi connectivity index (χ0n) is 20.8. The van der Waals surface area contributed by atoms with Crippen LogP contribution < -0.4 is 10.2 Å². The number of nitrogens with one attached hydrogen (secondary N) is 1. The van der Waals surface area contributed by atoms with Crippen molar-refractivity contribution in [1.82, 2.24) is 19.8 Å². The van der Waals surface area contributed by atoms with Gasteiger partial charge in [0.25, 0.3) is 5.91 Å². The lowest BCUT2D eigenvalue weighted by atomic mass is 10.1. The average Bonchev–Trinajstić information content (AvgIpc) is 3.15. The molecule has 200 valence electrons. The van der Waals surface area contributed by atoms with Crippen LogP contribution in [0.5, 0.6) is 0 Å². The standard InChI is InChI=1S/C27H29ClF2N6O2/c28-24-20(21(29)5-6-22(24)30)17-36-8-2-7-31-25-26(36)33-23(16-32-25)18-3-1-4-19(15-18)27(38)35-11-9-34(10-12-35)13-14-37/h1,3-6,15-16,37H,2,7-14,17H2,(H,31,32). The van der Waals surface area contributed by atoms with Crippen LogP contribution in [0.4, 0.5) is 20.4 Å². The lowest BCUT2D eigenvalue weighted by Crippen LogP contribution is -2.49. The third kappa shape index (κ3) is 5.57. The number of rotatable bonds is 6. The Morgan fingerprint density at radius 2 is 1.87 bits per heavy atom. The molecule has 0 unspecified atom stereocenters. The molecule has 2 aromatic carbocycles. The molecule has 11 heteroatoms. The van der Waals surface area contributed by atoms with E-state index in [-0.39, 0.29) is 29.6 Å². The van der Waals surface area contributed by atoms with E-state index in [1.807, 2.05) is 21.9 Å². The van der Waals surface area contributed by atoms with Gasteiger partial charge in [-0.15, -0.1) is 0 Å². The molecule has 0 radical (unpaired) electrons. The average molecular weight is 543 g/mol. The molecule has 2 aliphatic rings. The number of aromatic nitrogens is 2. The van der Waals surface area contributed by atoms with Gasteiger partial charge < -0.3 is 20.2 Å². The smallest absolute Gasteiger partial charge is 0.253 e. The van der Waals surface area contributed by atoms with Crippen LogP contribution in [0.25, 0.3) is 11.3 Å². The van der Waals surface area contributed by atoms with Crippen molar-refractivity contribution >= 4 is 29.1 Å². The van der Waals surface area contributed by atoms with Crippen LogP contribution in [0.15, 0.2) is 42.6 Å². The highest BCUT2D eigenvalue weighted by Gasteiger charge is 2.24. The molecule has 38 heavy (non-hydrogen) atoms. The van der Waals surface area contributed by atoms with Crippen LogP contribution >= 0.6 is 11.6 Å². The Balaban J connectivity index is 1.40. The first kappa shape index (κ1) is 26.3. The number of β-amino-alcohol motifs (C(OH)–C–C–N with tert-alkyl or cyclic N) is 1.